The third kappa shape index (κ3) is 5.78. The molecule has 10 nitrogen and oxygen atoms in total. The van der Waals surface area contributed by atoms with E-state index < -0.39 is 11.9 Å². The summed E-state index contributed by atoms with van der Waals surface area (Å²) in [7, 11) is 0. The predicted molar refractivity (Wildman–Crippen MR) is 155 cm³/mol. The Labute approximate surface area is 242 Å². The van der Waals surface area contributed by atoms with Crippen LogP contribution in [0.1, 0.15) is 38.7 Å². The summed E-state index contributed by atoms with van der Waals surface area (Å²) in [6.07, 6.45) is 2.34. The van der Waals surface area contributed by atoms with Gasteiger partial charge in [0.2, 0.25) is 11.8 Å². The highest BCUT2D eigenvalue weighted by Gasteiger charge is 2.44. The second-order valence-corrected chi connectivity index (χ2v) is 10.1. The predicted octanol–water partition coefficient (Wildman–Crippen LogP) is 4.88. The molecule has 5 aromatic rings. The Bertz CT molecular complexity index is 1680. The molecule has 42 heavy (non-hydrogen) atoms. The third-order valence-corrected chi connectivity index (χ3v) is 7.48. The van der Waals surface area contributed by atoms with E-state index in [1.54, 1.807) is 54.9 Å². The summed E-state index contributed by atoms with van der Waals surface area (Å²) in [6.45, 7) is 0.617. The quantitative estimate of drug-likeness (QED) is 0.236. The monoisotopic (exact) mass is 563 g/mol. The fraction of sp³-hybridized carbons (Fsp3) is 0.219. The Balaban J connectivity index is 1.21. The van der Waals surface area contributed by atoms with Crippen molar-refractivity contribution in [1.29, 1.82) is 0 Å². The molecule has 0 aliphatic heterocycles. The molecule has 2 N–H and O–H groups in total. The Morgan fingerprint density at radius 2 is 1.40 bits per heavy atom. The zero-order chi connectivity index (χ0) is 28.9. The van der Waals surface area contributed by atoms with Crippen molar-refractivity contribution < 1.29 is 23.8 Å². The van der Waals surface area contributed by atoms with Crippen LogP contribution in [0.5, 0.6) is 5.88 Å². The number of imidazole rings is 1. The molecule has 0 unspecified atom stereocenters. The number of aromatic nitrogens is 4. The first-order valence-electron chi connectivity index (χ1n) is 13.7. The molecule has 2 aromatic heterocycles. The number of rotatable bonds is 10. The molecule has 0 bridgehead atoms. The Hall–Kier alpha value is -5.25. The number of nitrogen functional groups attached to an aromatic ring is 1. The SMILES string of the molecule is Nc1nc(OCc2ccccc2)c2ncn([C@@H]3C[C@H](COC(=O)c4ccccc4)[C@H]3COC(=O)c3ccccc3)c2n1. The van der Waals surface area contributed by atoms with Gasteiger partial charge in [-0.2, -0.15) is 9.97 Å². The lowest BCUT2D eigenvalue weighted by atomic mass is 9.69. The molecule has 1 fully saturated rings. The lowest BCUT2D eigenvalue weighted by molar-refractivity contribution is -0.0308. The molecule has 1 saturated carbocycles. The number of carbonyl (C=O) groups excluding carboxylic acids is 2. The van der Waals surface area contributed by atoms with Crippen LogP contribution < -0.4 is 10.5 Å². The summed E-state index contributed by atoms with van der Waals surface area (Å²) in [5.74, 6) is -0.667. The summed E-state index contributed by atoms with van der Waals surface area (Å²) >= 11 is 0. The van der Waals surface area contributed by atoms with Crippen LogP contribution in [0.15, 0.2) is 97.3 Å². The molecular formula is C32H29N5O5. The fourth-order valence-corrected chi connectivity index (χ4v) is 5.18. The molecule has 3 aromatic carbocycles. The van der Waals surface area contributed by atoms with Gasteiger partial charge in [-0.05, 0) is 36.2 Å². The Morgan fingerprint density at radius 1 is 0.810 bits per heavy atom. The first-order chi connectivity index (χ1) is 20.6. The van der Waals surface area contributed by atoms with E-state index in [1.807, 2.05) is 47.0 Å². The number of hydrogen-bond donors (Lipinski definition) is 1. The second kappa shape index (κ2) is 12.1. The van der Waals surface area contributed by atoms with Crippen LogP contribution in [0.4, 0.5) is 5.95 Å². The van der Waals surface area contributed by atoms with Crippen molar-refractivity contribution in [3.63, 3.8) is 0 Å². The van der Waals surface area contributed by atoms with Crippen LogP contribution in [0.25, 0.3) is 11.2 Å². The van der Waals surface area contributed by atoms with Gasteiger partial charge in [-0.25, -0.2) is 14.6 Å². The summed E-state index contributed by atoms with van der Waals surface area (Å²) in [6, 6.07) is 27.3. The standard InChI is InChI=1S/C32H29N5O5/c33-32-35-28-27(29(36-32)40-17-21-10-4-1-5-11-21)34-20-37(28)26-16-24(18-41-30(38)22-12-6-2-7-13-22)25(26)19-42-31(39)23-14-8-3-9-15-23/h1-15,20,24-26H,16-19H2,(H2,33,35,36)/t24-,25-,26-/m1/s1. The first-order valence-corrected chi connectivity index (χ1v) is 13.7. The van der Waals surface area contributed by atoms with Crippen molar-refractivity contribution in [3.05, 3.63) is 114 Å². The number of anilines is 1. The molecule has 0 spiro atoms. The van der Waals surface area contributed by atoms with E-state index in [0.717, 1.165) is 5.56 Å². The van der Waals surface area contributed by atoms with Crippen LogP contribution in [-0.2, 0) is 16.1 Å². The van der Waals surface area contributed by atoms with Crippen LogP contribution in [0, 0.1) is 11.8 Å². The normalized spacial score (nSPS) is 17.8. The number of carbonyl (C=O) groups is 2. The molecular weight excluding hydrogens is 534 g/mol. The number of nitrogens with two attached hydrogens (primary N) is 1. The molecule has 6 rings (SSSR count). The van der Waals surface area contributed by atoms with Crippen molar-refractivity contribution in [2.24, 2.45) is 11.8 Å². The van der Waals surface area contributed by atoms with Crippen LogP contribution in [-0.4, -0.2) is 44.7 Å². The van der Waals surface area contributed by atoms with Gasteiger partial charge in [-0.1, -0.05) is 66.7 Å². The van der Waals surface area contributed by atoms with Crippen molar-refractivity contribution in [2.45, 2.75) is 19.1 Å². The van der Waals surface area contributed by atoms with E-state index in [9.17, 15) is 9.59 Å². The maximum Gasteiger partial charge on any atom is 0.338 e. The van der Waals surface area contributed by atoms with Gasteiger partial charge in [-0.15, -0.1) is 0 Å². The summed E-state index contributed by atoms with van der Waals surface area (Å²) in [4.78, 5) is 38.7. The lowest BCUT2D eigenvalue weighted by Gasteiger charge is -2.44. The molecule has 3 atom stereocenters. The van der Waals surface area contributed by atoms with Gasteiger partial charge in [0.15, 0.2) is 11.2 Å². The molecule has 1 aliphatic rings. The minimum absolute atomic E-state index is 0.0447. The van der Waals surface area contributed by atoms with Gasteiger partial charge in [-0.3, -0.25) is 0 Å². The maximum atomic E-state index is 12.8. The molecule has 0 radical (unpaired) electrons. The molecule has 2 heterocycles. The number of fused-ring (bicyclic) bond motifs is 1. The second-order valence-electron chi connectivity index (χ2n) is 10.1. The number of hydrogen-bond acceptors (Lipinski definition) is 9. The minimum atomic E-state index is -0.417. The smallest absolute Gasteiger partial charge is 0.338 e. The summed E-state index contributed by atoms with van der Waals surface area (Å²) in [5.41, 5.74) is 9.01. The third-order valence-electron chi connectivity index (χ3n) is 7.48. The van der Waals surface area contributed by atoms with Gasteiger partial charge < -0.3 is 24.5 Å². The van der Waals surface area contributed by atoms with Crippen molar-refractivity contribution in [3.8, 4) is 5.88 Å². The Kier molecular flexibility index (Phi) is 7.76. The highest BCUT2D eigenvalue weighted by molar-refractivity contribution is 5.89. The average molecular weight is 564 g/mol. The van der Waals surface area contributed by atoms with E-state index in [4.69, 9.17) is 19.9 Å². The number of nitrogens with zero attached hydrogens (tertiary/aromatic N) is 4. The first kappa shape index (κ1) is 26.9. The van der Waals surface area contributed by atoms with E-state index in [0.29, 0.717) is 41.2 Å². The molecule has 0 amide bonds. The summed E-state index contributed by atoms with van der Waals surface area (Å²) < 4.78 is 19.3. The van der Waals surface area contributed by atoms with Crippen molar-refractivity contribution in [1.82, 2.24) is 19.5 Å². The zero-order valence-electron chi connectivity index (χ0n) is 22.7. The van der Waals surface area contributed by atoms with Gasteiger partial charge in [0, 0.05) is 17.9 Å². The lowest BCUT2D eigenvalue weighted by Crippen LogP contribution is -2.44. The molecule has 212 valence electrons. The largest absolute Gasteiger partial charge is 0.471 e. The topological polar surface area (TPSA) is 131 Å². The van der Waals surface area contributed by atoms with Gasteiger partial charge in [0.05, 0.1) is 30.7 Å². The molecule has 10 heteroatoms. The number of esters is 2. The summed E-state index contributed by atoms with van der Waals surface area (Å²) in [5, 5.41) is 0. The molecule has 0 saturated heterocycles. The highest BCUT2D eigenvalue weighted by Crippen LogP contribution is 2.46. The minimum Gasteiger partial charge on any atom is -0.471 e. The van der Waals surface area contributed by atoms with Crippen LogP contribution in [0.2, 0.25) is 0 Å². The van der Waals surface area contributed by atoms with Gasteiger partial charge >= 0.3 is 11.9 Å². The average Bonchev–Trinajstić information content (AvgIpc) is 3.43. The molecule has 1 aliphatic carbocycles. The van der Waals surface area contributed by atoms with E-state index in [-0.39, 0.29) is 37.0 Å². The Morgan fingerprint density at radius 3 is 2.05 bits per heavy atom. The van der Waals surface area contributed by atoms with Gasteiger partial charge in [0.1, 0.15) is 6.61 Å². The van der Waals surface area contributed by atoms with E-state index >= 15 is 0 Å². The fourth-order valence-electron chi connectivity index (χ4n) is 5.18. The van der Waals surface area contributed by atoms with Gasteiger partial charge in [0.25, 0.3) is 0 Å². The number of ether oxygens (including phenoxy) is 3. The van der Waals surface area contributed by atoms with Crippen LogP contribution >= 0.6 is 0 Å². The van der Waals surface area contributed by atoms with Crippen molar-refractivity contribution >= 4 is 29.1 Å². The van der Waals surface area contributed by atoms with E-state index in [2.05, 4.69) is 15.0 Å². The maximum absolute atomic E-state index is 12.8. The van der Waals surface area contributed by atoms with Crippen LogP contribution in [0.3, 0.4) is 0 Å². The van der Waals surface area contributed by atoms with Crippen molar-refractivity contribution in [2.75, 3.05) is 18.9 Å². The number of benzene rings is 3. The zero-order valence-corrected chi connectivity index (χ0v) is 22.7. The van der Waals surface area contributed by atoms with E-state index in [1.165, 1.54) is 0 Å². The highest BCUT2D eigenvalue weighted by atomic mass is 16.5.